The first-order valence-corrected chi connectivity index (χ1v) is 9.98. The summed E-state index contributed by atoms with van der Waals surface area (Å²) in [7, 11) is -7.04. The standard InChI is InChI=1S/C13H18O5S2/c1-19(14,15)12-7-4-8-13(9-12)20(16,17)10-18-11-5-2-3-6-11/h4,7-9,11H,2-3,5-6,10H2,1H3. The molecule has 1 fully saturated rings. The fraction of sp³-hybridized carbons (Fsp3) is 0.538. The molecular formula is C13H18O5S2. The van der Waals surface area contributed by atoms with Gasteiger partial charge in [0.25, 0.3) is 0 Å². The third-order valence-corrected chi connectivity index (χ3v) is 5.88. The lowest BCUT2D eigenvalue weighted by Gasteiger charge is -2.11. The lowest BCUT2D eigenvalue weighted by atomic mass is 10.3. The Bertz CT molecular complexity index is 670. The third kappa shape index (κ3) is 3.80. The number of hydrogen-bond donors (Lipinski definition) is 0. The minimum Gasteiger partial charge on any atom is -0.362 e. The third-order valence-electron chi connectivity index (χ3n) is 3.35. The van der Waals surface area contributed by atoms with Crippen LogP contribution in [0.5, 0.6) is 0 Å². The fourth-order valence-electron chi connectivity index (χ4n) is 2.21. The van der Waals surface area contributed by atoms with Gasteiger partial charge in [0, 0.05) is 6.26 Å². The van der Waals surface area contributed by atoms with E-state index in [1.807, 2.05) is 0 Å². The van der Waals surface area contributed by atoms with Crippen LogP contribution in [0.4, 0.5) is 0 Å². The van der Waals surface area contributed by atoms with Crippen LogP contribution >= 0.6 is 0 Å². The highest BCUT2D eigenvalue weighted by Crippen LogP contribution is 2.23. The maximum Gasteiger partial charge on any atom is 0.202 e. The number of rotatable bonds is 5. The van der Waals surface area contributed by atoms with Gasteiger partial charge in [-0.2, -0.15) is 0 Å². The summed E-state index contributed by atoms with van der Waals surface area (Å²) in [5.74, 6) is -0.398. The van der Waals surface area contributed by atoms with E-state index >= 15 is 0 Å². The predicted octanol–water partition coefficient (Wildman–Crippen LogP) is 1.78. The Hall–Kier alpha value is -0.920. The molecule has 0 aliphatic heterocycles. The highest BCUT2D eigenvalue weighted by molar-refractivity contribution is 7.91. The molecular weight excluding hydrogens is 300 g/mol. The van der Waals surface area contributed by atoms with Gasteiger partial charge >= 0.3 is 0 Å². The van der Waals surface area contributed by atoms with E-state index in [1.54, 1.807) is 0 Å². The normalized spacial score (nSPS) is 17.4. The molecule has 1 aliphatic carbocycles. The van der Waals surface area contributed by atoms with Gasteiger partial charge in [-0.1, -0.05) is 18.9 Å². The van der Waals surface area contributed by atoms with Gasteiger partial charge < -0.3 is 4.74 Å². The van der Waals surface area contributed by atoms with Gasteiger partial charge in [0.1, 0.15) is 0 Å². The second kappa shape index (κ2) is 5.83. The number of sulfone groups is 2. The van der Waals surface area contributed by atoms with Crippen molar-refractivity contribution in [3.05, 3.63) is 24.3 Å². The Balaban J connectivity index is 2.16. The summed E-state index contributed by atoms with van der Waals surface area (Å²) in [6.07, 6.45) is 4.96. The molecule has 5 nitrogen and oxygen atoms in total. The lowest BCUT2D eigenvalue weighted by molar-refractivity contribution is 0.0919. The van der Waals surface area contributed by atoms with E-state index in [-0.39, 0.29) is 15.9 Å². The average Bonchev–Trinajstić information content (AvgIpc) is 2.89. The summed E-state index contributed by atoms with van der Waals surface area (Å²) >= 11 is 0. The molecule has 20 heavy (non-hydrogen) atoms. The highest BCUT2D eigenvalue weighted by atomic mass is 32.2. The Kier molecular flexibility index (Phi) is 4.51. The van der Waals surface area contributed by atoms with Crippen LogP contribution in [0.3, 0.4) is 0 Å². The second-order valence-electron chi connectivity index (χ2n) is 5.05. The van der Waals surface area contributed by atoms with Crippen LogP contribution < -0.4 is 0 Å². The van der Waals surface area contributed by atoms with Crippen LogP contribution in [0.15, 0.2) is 34.1 Å². The predicted molar refractivity (Wildman–Crippen MR) is 74.9 cm³/mol. The van der Waals surface area contributed by atoms with Crippen LogP contribution in [0.1, 0.15) is 25.7 Å². The molecule has 0 radical (unpaired) electrons. The molecule has 112 valence electrons. The Labute approximate surface area is 119 Å². The van der Waals surface area contributed by atoms with Crippen LogP contribution in [-0.2, 0) is 24.4 Å². The molecule has 7 heteroatoms. The lowest BCUT2D eigenvalue weighted by Crippen LogP contribution is -2.16. The minimum absolute atomic E-state index is 0.000517. The molecule has 1 aromatic carbocycles. The van der Waals surface area contributed by atoms with E-state index in [0.717, 1.165) is 31.9 Å². The van der Waals surface area contributed by atoms with Gasteiger partial charge in [-0.15, -0.1) is 0 Å². The average molecular weight is 318 g/mol. The van der Waals surface area contributed by atoms with E-state index < -0.39 is 25.6 Å². The van der Waals surface area contributed by atoms with E-state index in [1.165, 1.54) is 24.3 Å². The van der Waals surface area contributed by atoms with Crippen LogP contribution in [0.25, 0.3) is 0 Å². The van der Waals surface area contributed by atoms with Gasteiger partial charge in [-0.05, 0) is 31.0 Å². The van der Waals surface area contributed by atoms with Crippen LogP contribution in [0.2, 0.25) is 0 Å². The fourth-order valence-corrected chi connectivity index (χ4v) is 4.05. The van der Waals surface area contributed by atoms with Crippen molar-refractivity contribution in [2.24, 2.45) is 0 Å². The zero-order chi connectivity index (χ0) is 14.8. The molecule has 1 saturated carbocycles. The quantitative estimate of drug-likeness (QED) is 0.827. The first-order chi connectivity index (χ1) is 9.29. The van der Waals surface area contributed by atoms with Gasteiger partial charge in [0.05, 0.1) is 15.9 Å². The van der Waals surface area contributed by atoms with E-state index in [4.69, 9.17) is 4.74 Å². The number of benzene rings is 1. The van der Waals surface area contributed by atoms with Crippen molar-refractivity contribution in [2.75, 3.05) is 12.2 Å². The summed E-state index contributed by atoms with van der Waals surface area (Å²) in [5, 5.41) is 0. The smallest absolute Gasteiger partial charge is 0.202 e. The second-order valence-corrected chi connectivity index (χ2v) is 9.01. The summed E-state index contributed by atoms with van der Waals surface area (Å²) in [6.45, 7) is 0. The van der Waals surface area contributed by atoms with E-state index in [0.29, 0.717) is 0 Å². The zero-order valence-electron chi connectivity index (χ0n) is 11.3. The molecule has 0 N–H and O–H groups in total. The summed E-state index contributed by atoms with van der Waals surface area (Å²) in [6, 6.07) is 5.38. The molecule has 0 unspecified atom stereocenters. The summed E-state index contributed by atoms with van der Waals surface area (Å²) < 4.78 is 52.6. The maximum atomic E-state index is 12.1. The molecule has 0 atom stereocenters. The topological polar surface area (TPSA) is 77.5 Å². The van der Waals surface area contributed by atoms with Crippen molar-refractivity contribution in [3.63, 3.8) is 0 Å². The molecule has 2 rings (SSSR count). The molecule has 0 saturated heterocycles. The van der Waals surface area contributed by atoms with Crippen LogP contribution in [-0.4, -0.2) is 35.1 Å². The molecule has 0 bridgehead atoms. The summed E-state index contributed by atoms with van der Waals surface area (Å²) in [5.41, 5.74) is 0. The van der Waals surface area contributed by atoms with Gasteiger partial charge in [0.15, 0.2) is 15.8 Å². The summed E-state index contributed by atoms with van der Waals surface area (Å²) in [4.78, 5) is -0.0159. The number of hydrogen-bond acceptors (Lipinski definition) is 5. The molecule has 1 aromatic rings. The van der Waals surface area contributed by atoms with Crippen molar-refractivity contribution in [1.82, 2.24) is 0 Å². The van der Waals surface area contributed by atoms with Crippen molar-refractivity contribution < 1.29 is 21.6 Å². The monoisotopic (exact) mass is 318 g/mol. The largest absolute Gasteiger partial charge is 0.362 e. The molecule has 0 aromatic heterocycles. The van der Waals surface area contributed by atoms with Crippen LogP contribution in [0, 0.1) is 0 Å². The first-order valence-electron chi connectivity index (χ1n) is 6.43. The SMILES string of the molecule is CS(=O)(=O)c1cccc(S(=O)(=O)COC2CCCC2)c1. The molecule has 0 amide bonds. The van der Waals surface area contributed by atoms with Crippen molar-refractivity contribution >= 4 is 19.7 Å². The highest BCUT2D eigenvalue weighted by Gasteiger charge is 2.22. The Morgan fingerprint density at radius 1 is 1.10 bits per heavy atom. The molecule has 0 heterocycles. The molecule has 0 spiro atoms. The van der Waals surface area contributed by atoms with Crippen molar-refractivity contribution in [3.8, 4) is 0 Å². The van der Waals surface area contributed by atoms with Gasteiger partial charge in [0.2, 0.25) is 9.84 Å². The Morgan fingerprint density at radius 2 is 1.70 bits per heavy atom. The van der Waals surface area contributed by atoms with Crippen molar-refractivity contribution in [2.45, 2.75) is 41.6 Å². The Morgan fingerprint density at radius 3 is 2.30 bits per heavy atom. The minimum atomic E-state index is -3.62. The van der Waals surface area contributed by atoms with Crippen molar-refractivity contribution in [1.29, 1.82) is 0 Å². The van der Waals surface area contributed by atoms with E-state index in [2.05, 4.69) is 0 Å². The molecule has 1 aliphatic rings. The zero-order valence-corrected chi connectivity index (χ0v) is 12.9. The number of ether oxygens (including phenoxy) is 1. The van der Waals surface area contributed by atoms with Gasteiger partial charge in [-0.3, -0.25) is 0 Å². The maximum absolute atomic E-state index is 12.1. The van der Waals surface area contributed by atoms with E-state index in [9.17, 15) is 16.8 Å². The van der Waals surface area contributed by atoms with Gasteiger partial charge in [-0.25, -0.2) is 16.8 Å². The first kappa shape index (κ1) is 15.5.